The predicted molar refractivity (Wildman–Crippen MR) is 105 cm³/mol. The van der Waals surface area contributed by atoms with Gasteiger partial charge in [0.2, 0.25) is 5.95 Å². The van der Waals surface area contributed by atoms with Crippen molar-refractivity contribution in [1.82, 2.24) is 9.97 Å². The quantitative estimate of drug-likeness (QED) is 0.746. The van der Waals surface area contributed by atoms with Crippen LogP contribution in [0.5, 0.6) is 0 Å². The van der Waals surface area contributed by atoms with E-state index < -0.39 is 0 Å². The number of aromatic nitrogens is 2. The fraction of sp³-hybridized carbons (Fsp3) is 0.333. The molecule has 0 aliphatic carbocycles. The lowest BCUT2D eigenvalue weighted by molar-refractivity contribution is 0.761. The van der Waals surface area contributed by atoms with Gasteiger partial charge in [-0.2, -0.15) is 4.98 Å². The van der Waals surface area contributed by atoms with Crippen LogP contribution in [0, 0.1) is 0 Å². The molecule has 1 aromatic heterocycles. The van der Waals surface area contributed by atoms with Crippen LogP contribution in [0.3, 0.4) is 0 Å². The number of rotatable bonds is 8. The van der Waals surface area contributed by atoms with E-state index in [4.69, 9.17) is 9.97 Å². The summed E-state index contributed by atoms with van der Waals surface area (Å²) >= 11 is 0. The van der Waals surface area contributed by atoms with Crippen molar-refractivity contribution in [3.05, 3.63) is 72.5 Å². The van der Waals surface area contributed by atoms with Gasteiger partial charge in [0.1, 0.15) is 5.82 Å². The summed E-state index contributed by atoms with van der Waals surface area (Å²) in [6, 6.07) is 10.6. The third-order valence-electron chi connectivity index (χ3n) is 4.45. The molecule has 4 nitrogen and oxygen atoms in total. The molecule has 1 N–H and O–H groups in total. The van der Waals surface area contributed by atoms with Crippen molar-refractivity contribution in [2.75, 3.05) is 29.9 Å². The van der Waals surface area contributed by atoms with Crippen molar-refractivity contribution in [3.63, 3.8) is 0 Å². The number of hydrogen-bond acceptors (Lipinski definition) is 4. The number of benzene rings is 1. The largest absolute Gasteiger partial charge is 0.370 e. The van der Waals surface area contributed by atoms with E-state index in [2.05, 4.69) is 53.7 Å². The van der Waals surface area contributed by atoms with E-state index in [9.17, 15) is 0 Å². The molecule has 0 saturated carbocycles. The number of nitrogens with zero attached hydrogens (tertiary/aromatic N) is 3. The molecule has 3 rings (SSSR count). The van der Waals surface area contributed by atoms with E-state index in [0.29, 0.717) is 13.1 Å². The van der Waals surface area contributed by atoms with E-state index in [1.54, 1.807) is 0 Å². The zero-order valence-corrected chi connectivity index (χ0v) is 14.7. The predicted octanol–water partition coefficient (Wildman–Crippen LogP) is 3.80. The first kappa shape index (κ1) is 17.2. The molecule has 0 bridgehead atoms. The minimum absolute atomic E-state index is 0.711. The Hall–Kier alpha value is -2.62. The second-order valence-electron chi connectivity index (χ2n) is 6.30. The highest BCUT2D eigenvalue weighted by Crippen LogP contribution is 2.26. The Morgan fingerprint density at radius 2 is 1.80 bits per heavy atom. The molecule has 0 radical (unpaired) electrons. The Labute approximate surface area is 150 Å². The summed E-state index contributed by atoms with van der Waals surface area (Å²) in [6.07, 6.45) is 7.87. The zero-order chi connectivity index (χ0) is 17.5. The van der Waals surface area contributed by atoms with Crippen LogP contribution in [0.4, 0.5) is 11.8 Å². The maximum absolute atomic E-state index is 4.92. The average molecular weight is 334 g/mol. The lowest BCUT2D eigenvalue weighted by Crippen LogP contribution is -2.27. The van der Waals surface area contributed by atoms with Crippen LogP contribution in [0.2, 0.25) is 0 Å². The molecule has 1 aliphatic rings. The molecule has 4 heteroatoms. The lowest BCUT2D eigenvalue weighted by Gasteiger charge is -2.25. The van der Waals surface area contributed by atoms with Gasteiger partial charge in [0.15, 0.2) is 0 Å². The first-order valence-corrected chi connectivity index (χ1v) is 8.96. The molecule has 0 unspecified atom stereocenters. The van der Waals surface area contributed by atoms with Crippen LogP contribution in [0.15, 0.2) is 55.6 Å². The Morgan fingerprint density at radius 3 is 2.52 bits per heavy atom. The maximum Gasteiger partial charge on any atom is 0.228 e. The van der Waals surface area contributed by atoms with E-state index in [0.717, 1.165) is 49.7 Å². The van der Waals surface area contributed by atoms with E-state index in [1.807, 2.05) is 12.2 Å². The molecule has 1 aromatic carbocycles. The van der Waals surface area contributed by atoms with Crippen molar-refractivity contribution < 1.29 is 0 Å². The standard InChI is InChI=1S/C21H26N4/c1-3-15-25(16-4-2)21-23-19(13-12-17-9-6-5-7-10-17)18-11-8-14-22-20(18)24-21/h3-7,9-10H,1-2,8,11-16H2,(H,22,23,24). The minimum Gasteiger partial charge on any atom is -0.370 e. The van der Waals surface area contributed by atoms with Gasteiger partial charge >= 0.3 is 0 Å². The first-order valence-electron chi connectivity index (χ1n) is 8.96. The van der Waals surface area contributed by atoms with Gasteiger partial charge in [0, 0.05) is 25.2 Å². The van der Waals surface area contributed by atoms with Crippen LogP contribution in [-0.2, 0) is 19.3 Å². The summed E-state index contributed by atoms with van der Waals surface area (Å²) in [4.78, 5) is 11.8. The summed E-state index contributed by atoms with van der Waals surface area (Å²) in [6.45, 7) is 10.1. The van der Waals surface area contributed by atoms with Crippen LogP contribution in [0.25, 0.3) is 0 Å². The van der Waals surface area contributed by atoms with Crippen molar-refractivity contribution in [3.8, 4) is 0 Å². The molecule has 2 heterocycles. The van der Waals surface area contributed by atoms with Gasteiger partial charge in [-0.1, -0.05) is 42.5 Å². The highest BCUT2D eigenvalue weighted by atomic mass is 15.3. The average Bonchev–Trinajstić information content (AvgIpc) is 2.66. The third kappa shape index (κ3) is 4.27. The number of nitrogens with one attached hydrogen (secondary N) is 1. The molecule has 0 amide bonds. The molecule has 25 heavy (non-hydrogen) atoms. The highest BCUT2D eigenvalue weighted by molar-refractivity contribution is 5.53. The monoisotopic (exact) mass is 334 g/mol. The zero-order valence-electron chi connectivity index (χ0n) is 14.7. The van der Waals surface area contributed by atoms with Crippen LogP contribution in [0.1, 0.15) is 23.2 Å². The number of hydrogen-bond donors (Lipinski definition) is 1. The summed E-state index contributed by atoms with van der Waals surface area (Å²) in [7, 11) is 0. The topological polar surface area (TPSA) is 41.1 Å². The Balaban J connectivity index is 1.90. The molecular formula is C21H26N4. The maximum atomic E-state index is 4.92. The van der Waals surface area contributed by atoms with Gasteiger partial charge in [-0.15, -0.1) is 13.2 Å². The Kier molecular flexibility index (Phi) is 5.83. The fourth-order valence-electron chi connectivity index (χ4n) is 3.20. The van der Waals surface area contributed by atoms with Crippen LogP contribution in [-0.4, -0.2) is 29.6 Å². The van der Waals surface area contributed by atoms with Crippen molar-refractivity contribution in [2.24, 2.45) is 0 Å². The summed E-state index contributed by atoms with van der Waals surface area (Å²) in [5.41, 5.74) is 3.78. The van der Waals surface area contributed by atoms with Crippen LogP contribution >= 0.6 is 0 Å². The summed E-state index contributed by atoms with van der Waals surface area (Å²) in [5.74, 6) is 1.76. The van der Waals surface area contributed by atoms with Gasteiger partial charge < -0.3 is 10.2 Å². The van der Waals surface area contributed by atoms with Gasteiger partial charge in [0.25, 0.3) is 0 Å². The normalized spacial score (nSPS) is 12.8. The van der Waals surface area contributed by atoms with Crippen molar-refractivity contribution >= 4 is 11.8 Å². The smallest absolute Gasteiger partial charge is 0.228 e. The van der Waals surface area contributed by atoms with Gasteiger partial charge in [-0.25, -0.2) is 4.98 Å². The van der Waals surface area contributed by atoms with E-state index in [1.165, 1.54) is 11.1 Å². The number of aryl methyl sites for hydroxylation is 2. The molecule has 0 spiro atoms. The fourth-order valence-corrected chi connectivity index (χ4v) is 3.20. The third-order valence-corrected chi connectivity index (χ3v) is 4.45. The molecule has 130 valence electrons. The molecule has 1 aliphatic heterocycles. The second-order valence-corrected chi connectivity index (χ2v) is 6.30. The molecule has 2 aromatic rings. The van der Waals surface area contributed by atoms with Crippen molar-refractivity contribution in [2.45, 2.75) is 25.7 Å². The number of fused-ring (bicyclic) bond motifs is 1. The van der Waals surface area contributed by atoms with Crippen molar-refractivity contribution in [1.29, 1.82) is 0 Å². The molecule has 0 atom stereocenters. The summed E-state index contributed by atoms with van der Waals surface area (Å²) in [5, 5.41) is 3.45. The van der Waals surface area contributed by atoms with Gasteiger partial charge in [-0.05, 0) is 31.2 Å². The van der Waals surface area contributed by atoms with Crippen LogP contribution < -0.4 is 10.2 Å². The SMILES string of the molecule is C=CCN(CC=C)c1nc(CCc2ccccc2)c2c(n1)NCCC2. The Bertz CT molecular complexity index is 714. The van der Waals surface area contributed by atoms with Gasteiger partial charge in [0.05, 0.1) is 5.69 Å². The molecular weight excluding hydrogens is 308 g/mol. The van der Waals surface area contributed by atoms with Gasteiger partial charge in [-0.3, -0.25) is 0 Å². The molecule has 0 fully saturated rings. The second kappa shape index (κ2) is 8.47. The molecule has 0 saturated heterocycles. The Morgan fingerprint density at radius 1 is 1.04 bits per heavy atom. The number of anilines is 2. The summed E-state index contributed by atoms with van der Waals surface area (Å²) < 4.78 is 0. The highest BCUT2D eigenvalue weighted by Gasteiger charge is 2.19. The van der Waals surface area contributed by atoms with E-state index in [-0.39, 0.29) is 0 Å². The first-order chi connectivity index (χ1) is 12.3. The van der Waals surface area contributed by atoms with E-state index >= 15 is 0 Å². The minimum atomic E-state index is 0.711. The lowest BCUT2D eigenvalue weighted by atomic mass is 10.00.